The van der Waals surface area contributed by atoms with Crippen LogP contribution < -0.4 is 0 Å². The minimum atomic E-state index is -0.347. The Labute approximate surface area is 148 Å². The molecule has 23 heavy (non-hydrogen) atoms. The van der Waals surface area contributed by atoms with E-state index >= 15 is 0 Å². The van der Waals surface area contributed by atoms with Crippen LogP contribution in [-0.4, -0.2) is 39.5 Å². The average molecular weight is 396 g/mol. The van der Waals surface area contributed by atoms with Gasteiger partial charge in [0, 0.05) is 29.5 Å². The molecule has 0 saturated heterocycles. The molecule has 1 aliphatic rings. The van der Waals surface area contributed by atoms with Crippen LogP contribution in [0.2, 0.25) is 0 Å². The van der Waals surface area contributed by atoms with Gasteiger partial charge in [-0.15, -0.1) is 0 Å². The lowest BCUT2D eigenvalue weighted by atomic mass is 10.1. The van der Waals surface area contributed by atoms with Crippen LogP contribution in [-0.2, 0) is 17.7 Å². The predicted molar refractivity (Wildman–Crippen MR) is 94.8 cm³/mol. The minimum Gasteiger partial charge on any atom is -0.461 e. The molecule has 0 aliphatic carbocycles. The highest BCUT2D eigenvalue weighted by Crippen LogP contribution is 2.29. The van der Waals surface area contributed by atoms with Crippen molar-refractivity contribution in [2.45, 2.75) is 19.9 Å². The number of halogens is 1. The van der Waals surface area contributed by atoms with Gasteiger partial charge in [-0.1, -0.05) is 33.9 Å². The van der Waals surface area contributed by atoms with Crippen LogP contribution in [0.3, 0.4) is 0 Å². The minimum absolute atomic E-state index is 0.347. The summed E-state index contributed by atoms with van der Waals surface area (Å²) in [5.74, 6) is -0.347. The third-order valence-electron chi connectivity index (χ3n) is 3.80. The second-order valence-corrected chi connectivity index (χ2v) is 6.98. The molecule has 7 heteroatoms. The van der Waals surface area contributed by atoms with E-state index in [-0.39, 0.29) is 5.97 Å². The highest BCUT2D eigenvalue weighted by Gasteiger charge is 2.29. The molecule has 0 fully saturated rings. The molecule has 0 saturated carbocycles. The number of ether oxygens (including phenoxy) is 1. The highest BCUT2D eigenvalue weighted by atomic mass is 79.9. The Morgan fingerprint density at radius 2 is 2.30 bits per heavy atom. The first-order valence-corrected chi connectivity index (χ1v) is 9.44. The fraction of sp³-hybridized carbons (Fsp3) is 0.375. The molecular weight excluding hydrogens is 378 g/mol. The standard InChI is InChI=1S/C16H18BrN3O2S/c1-3-22-16(21)15-13-10-19(23-2)8-7-14(13)20(18-15)12-6-4-5-11(17)9-12/h4-6,9H,3,7-8,10H2,1-2H3. The normalized spacial score (nSPS) is 14.6. The topological polar surface area (TPSA) is 47.4 Å². The summed E-state index contributed by atoms with van der Waals surface area (Å²) in [4.78, 5) is 12.3. The van der Waals surface area contributed by atoms with Crippen molar-refractivity contribution < 1.29 is 9.53 Å². The van der Waals surface area contributed by atoms with Crippen molar-refractivity contribution in [1.82, 2.24) is 14.1 Å². The van der Waals surface area contributed by atoms with Crippen molar-refractivity contribution in [2.24, 2.45) is 0 Å². The summed E-state index contributed by atoms with van der Waals surface area (Å²) in [7, 11) is 0. The second kappa shape index (κ2) is 7.07. The van der Waals surface area contributed by atoms with E-state index in [4.69, 9.17) is 4.74 Å². The van der Waals surface area contributed by atoms with Gasteiger partial charge in [0.25, 0.3) is 0 Å². The summed E-state index contributed by atoms with van der Waals surface area (Å²) < 4.78 is 10.3. The van der Waals surface area contributed by atoms with Crippen molar-refractivity contribution in [2.75, 3.05) is 19.4 Å². The Hall–Kier alpha value is -1.31. The monoisotopic (exact) mass is 395 g/mol. The number of hydrogen-bond acceptors (Lipinski definition) is 5. The predicted octanol–water partition coefficient (Wildman–Crippen LogP) is 3.45. The molecule has 0 spiro atoms. The molecule has 0 bridgehead atoms. The molecule has 1 aliphatic heterocycles. The zero-order chi connectivity index (χ0) is 16.4. The van der Waals surface area contributed by atoms with E-state index in [1.165, 1.54) is 0 Å². The Balaban J connectivity index is 2.09. The summed E-state index contributed by atoms with van der Waals surface area (Å²) >= 11 is 5.18. The summed E-state index contributed by atoms with van der Waals surface area (Å²) in [6.45, 7) is 3.81. The van der Waals surface area contributed by atoms with Gasteiger partial charge < -0.3 is 4.74 Å². The van der Waals surface area contributed by atoms with E-state index in [2.05, 4.69) is 25.3 Å². The van der Waals surface area contributed by atoms with Crippen LogP contribution in [0.25, 0.3) is 5.69 Å². The highest BCUT2D eigenvalue weighted by molar-refractivity contribution is 9.10. The number of hydrogen-bond donors (Lipinski definition) is 0. The molecule has 1 aromatic carbocycles. The maximum Gasteiger partial charge on any atom is 0.359 e. The van der Waals surface area contributed by atoms with Gasteiger partial charge in [0.05, 0.1) is 18.0 Å². The smallest absolute Gasteiger partial charge is 0.359 e. The first-order chi connectivity index (χ1) is 11.1. The number of carbonyl (C=O) groups excluding carboxylic acids is 1. The molecule has 0 unspecified atom stereocenters. The van der Waals surface area contributed by atoms with Crippen LogP contribution in [0.5, 0.6) is 0 Å². The maximum atomic E-state index is 12.3. The van der Waals surface area contributed by atoms with Gasteiger partial charge in [-0.3, -0.25) is 0 Å². The van der Waals surface area contributed by atoms with E-state index in [9.17, 15) is 4.79 Å². The van der Waals surface area contributed by atoms with Crippen LogP contribution in [0.4, 0.5) is 0 Å². The van der Waals surface area contributed by atoms with Gasteiger partial charge in [0.2, 0.25) is 0 Å². The van der Waals surface area contributed by atoms with Crippen molar-refractivity contribution in [3.8, 4) is 5.69 Å². The number of carbonyl (C=O) groups is 1. The number of benzene rings is 1. The third-order valence-corrected chi connectivity index (χ3v) is 5.12. The number of esters is 1. The Morgan fingerprint density at radius 3 is 3.00 bits per heavy atom. The molecule has 0 amide bonds. The Kier molecular flexibility index (Phi) is 5.08. The lowest BCUT2D eigenvalue weighted by molar-refractivity contribution is 0.0517. The van der Waals surface area contributed by atoms with Crippen LogP contribution >= 0.6 is 27.9 Å². The fourth-order valence-corrected chi connectivity index (χ4v) is 3.65. The zero-order valence-corrected chi connectivity index (χ0v) is 15.5. The van der Waals surface area contributed by atoms with E-state index in [0.29, 0.717) is 18.8 Å². The van der Waals surface area contributed by atoms with Gasteiger partial charge in [0.1, 0.15) is 0 Å². The van der Waals surface area contributed by atoms with Crippen molar-refractivity contribution in [3.05, 3.63) is 45.7 Å². The van der Waals surface area contributed by atoms with Gasteiger partial charge >= 0.3 is 5.97 Å². The fourth-order valence-electron chi connectivity index (χ4n) is 2.73. The lowest BCUT2D eigenvalue weighted by Crippen LogP contribution is -2.26. The van der Waals surface area contributed by atoms with Crippen molar-refractivity contribution >= 4 is 33.8 Å². The molecule has 122 valence electrons. The summed E-state index contributed by atoms with van der Waals surface area (Å²) in [5.41, 5.74) is 3.45. The number of nitrogens with zero attached hydrogens (tertiary/aromatic N) is 3. The second-order valence-electron chi connectivity index (χ2n) is 5.18. The van der Waals surface area contributed by atoms with E-state index in [1.54, 1.807) is 11.9 Å². The van der Waals surface area contributed by atoms with Gasteiger partial charge in [-0.05, 0) is 31.4 Å². The molecule has 3 rings (SSSR count). The molecule has 2 heterocycles. The third kappa shape index (κ3) is 3.32. The summed E-state index contributed by atoms with van der Waals surface area (Å²) in [6, 6.07) is 7.94. The number of fused-ring (bicyclic) bond motifs is 1. The number of rotatable bonds is 4. The van der Waals surface area contributed by atoms with E-state index in [0.717, 1.165) is 34.4 Å². The first kappa shape index (κ1) is 16.5. The van der Waals surface area contributed by atoms with Crippen LogP contribution in [0.1, 0.15) is 28.7 Å². The molecule has 0 radical (unpaired) electrons. The largest absolute Gasteiger partial charge is 0.461 e. The molecule has 5 nitrogen and oxygen atoms in total. The van der Waals surface area contributed by atoms with Gasteiger partial charge in [-0.2, -0.15) is 5.10 Å². The van der Waals surface area contributed by atoms with Crippen molar-refractivity contribution in [1.29, 1.82) is 0 Å². The number of aromatic nitrogens is 2. The van der Waals surface area contributed by atoms with Crippen LogP contribution in [0.15, 0.2) is 28.7 Å². The summed E-state index contributed by atoms with van der Waals surface area (Å²) in [5, 5.41) is 4.58. The van der Waals surface area contributed by atoms with Crippen LogP contribution in [0, 0.1) is 0 Å². The molecule has 2 aromatic rings. The lowest BCUT2D eigenvalue weighted by Gasteiger charge is -2.25. The van der Waals surface area contributed by atoms with Crippen molar-refractivity contribution in [3.63, 3.8) is 0 Å². The molecule has 0 atom stereocenters. The SMILES string of the molecule is CCOC(=O)c1nn(-c2cccc(Br)c2)c2c1CN(SC)CC2. The van der Waals surface area contributed by atoms with Gasteiger partial charge in [-0.25, -0.2) is 13.8 Å². The van der Waals surface area contributed by atoms with E-state index in [1.807, 2.05) is 42.1 Å². The van der Waals surface area contributed by atoms with Gasteiger partial charge in [0.15, 0.2) is 5.69 Å². The molecular formula is C16H18BrN3O2S. The summed E-state index contributed by atoms with van der Waals surface area (Å²) in [6.07, 6.45) is 2.91. The first-order valence-electron chi connectivity index (χ1n) is 7.47. The van der Waals surface area contributed by atoms with E-state index < -0.39 is 0 Å². The molecule has 0 N–H and O–H groups in total. The Bertz CT molecular complexity index is 732. The molecule has 1 aromatic heterocycles. The Morgan fingerprint density at radius 1 is 1.48 bits per heavy atom. The maximum absolute atomic E-state index is 12.3. The quantitative estimate of drug-likeness (QED) is 0.585. The zero-order valence-electron chi connectivity index (χ0n) is 13.1. The average Bonchev–Trinajstić information content (AvgIpc) is 2.93.